The van der Waals surface area contributed by atoms with Gasteiger partial charge in [-0.25, -0.2) is 5.43 Å². The van der Waals surface area contributed by atoms with Gasteiger partial charge >= 0.3 is 0 Å². The first-order chi connectivity index (χ1) is 11.1. The van der Waals surface area contributed by atoms with Crippen LogP contribution in [0.5, 0.6) is 5.75 Å². The van der Waals surface area contributed by atoms with Gasteiger partial charge < -0.3 is 4.74 Å². The predicted octanol–water partition coefficient (Wildman–Crippen LogP) is 2.76. The maximum absolute atomic E-state index is 12.0. The molecule has 7 nitrogen and oxygen atoms in total. The third-order valence-corrected chi connectivity index (χ3v) is 2.93. The molecule has 0 aliphatic heterocycles. The Hall–Kier alpha value is -3.22. The zero-order valence-electron chi connectivity index (χ0n) is 12.4. The highest BCUT2D eigenvalue weighted by Crippen LogP contribution is 2.18. The molecule has 0 radical (unpaired) electrons. The number of nitro benzene ring substituents is 1. The van der Waals surface area contributed by atoms with Crippen molar-refractivity contribution in [1.82, 2.24) is 5.43 Å². The molecule has 0 spiro atoms. The van der Waals surface area contributed by atoms with E-state index >= 15 is 0 Å². The van der Waals surface area contributed by atoms with Crippen molar-refractivity contribution in [2.75, 3.05) is 6.61 Å². The minimum absolute atomic E-state index is 0.0484. The smallest absolute Gasteiger partial charge is 0.282 e. The van der Waals surface area contributed by atoms with Gasteiger partial charge in [-0.2, -0.15) is 5.10 Å². The van der Waals surface area contributed by atoms with Crippen molar-refractivity contribution < 1.29 is 14.5 Å². The number of hydrogen-bond donors (Lipinski definition) is 1. The van der Waals surface area contributed by atoms with Crippen LogP contribution in [-0.2, 0) is 0 Å². The van der Waals surface area contributed by atoms with E-state index < -0.39 is 10.8 Å². The van der Waals surface area contributed by atoms with Gasteiger partial charge in [-0.1, -0.05) is 24.3 Å². The van der Waals surface area contributed by atoms with Crippen LogP contribution in [0, 0.1) is 10.1 Å². The van der Waals surface area contributed by atoms with Crippen LogP contribution in [0.2, 0.25) is 0 Å². The SMILES string of the molecule is CCOc1ccccc1/C=N\NC(=O)c1ccccc1[N+](=O)[O-]. The van der Waals surface area contributed by atoms with Gasteiger partial charge in [0, 0.05) is 11.6 Å². The van der Waals surface area contributed by atoms with Crippen molar-refractivity contribution in [3.63, 3.8) is 0 Å². The molecule has 2 aromatic rings. The van der Waals surface area contributed by atoms with Crippen LogP contribution in [0.4, 0.5) is 5.69 Å². The molecule has 1 amide bonds. The van der Waals surface area contributed by atoms with E-state index in [2.05, 4.69) is 10.5 Å². The van der Waals surface area contributed by atoms with Crippen LogP contribution in [0.15, 0.2) is 53.6 Å². The summed E-state index contributed by atoms with van der Waals surface area (Å²) in [6.45, 7) is 2.37. The Morgan fingerprint density at radius 3 is 2.70 bits per heavy atom. The normalized spacial score (nSPS) is 10.5. The highest BCUT2D eigenvalue weighted by Gasteiger charge is 2.18. The van der Waals surface area contributed by atoms with Gasteiger partial charge in [0.05, 0.1) is 17.7 Å². The van der Waals surface area contributed by atoms with E-state index in [1.807, 2.05) is 19.1 Å². The molecular weight excluding hydrogens is 298 g/mol. The first kappa shape index (κ1) is 16.2. The summed E-state index contributed by atoms with van der Waals surface area (Å²) in [5.41, 5.74) is 2.66. The minimum Gasteiger partial charge on any atom is -0.493 e. The maximum Gasteiger partial charge on any atom is 0.282 e. The summed E-state index contributed by atoms with van der Waals surface area (Å²) in [5, 5.41) is 14.7. The lowest BCUT2D eigenvalue weighted by Gasteiger charge is -2.06. The third kappa shape index (κ3) is 4.13. The molecule has 0 saturated heterocycles. The van der Waals surface area contributed by atoms with Gasteiger partial charge in [-0.3, -0.25) is 14.9 Å². The molecular formula is C16H15N3O4. The van der Waals surface area contributed by atoms with E-state index in [9.17, 15) is 14.9 Å². The number of carbonyl (C=O) groups excluding carboxylic acids is 1. The number of benzene rings is 2. The van der Waals surface area contributed by atoms with Gasteiger partial charge in [0.15, 0.2) is 0 Å². The number of nitrogens with one attached hydrogen (secondary N) is 1. The van der Waals surface area contributed by atoms with Crippen molar-refractivity contribution in [1.29, 1.82) is 0 Å². The van der Waals surface area contributed by atoms with Gasteiger partial charge in [-0.15, -0.1) is 0 Å². The van der Waals surface area contributed by atoms with E-state index in [4.69, 9.17) is 4.74 Å². The molecule has 0 aromatic heterocycles. The Kier molecular flexibility index (Phi) is 5.40. The molecule has 2 aromatic carbocycles. The van der Waals surface area contributed by atoms with E-state index in [0.717, 1.165) is 0 Å². The molecule has 0 unspecified atom stereocenters. The van der Waals surface area contributed by atoms with Crippen molar-refractivity contribution in [3.05, 3.63) is 69.8 Å². The number of nitro groups is 1. The first-order valence-corrected chi connectivity index (χ1v) is 6.92. The average molecular weight is 313 g/mol. The minimum atomic E-state index is -0.651. The van der Waals surface area contributed by atoms with E-state index in [1.54, 1.807) is 18.2 Å². The summed E-state index contributed by atoms with van der Waals surface area (Å²) >= 11 is 0. The summed E-state index contributed by atoms with van der Waals surface area (Å²) < 4.78 is 5.44. The first-order valence-electron chi connectivity index (χ1n) is 6.92. The summed E-state index contributed by atoms with van der Waals surface area (Å²) in [6.07, 6.45) is 1.43. The molecule has 0 bridgehead atoms. The summed E-state index contributed by atoms with van der Waals surface area (Å²) in [5.74, 6) is -0.0128. The van der Waals surface area contributed by atoms with Crippen molar-refractivity contribution >= 4 is 17.8 Å². The fourth-order valence-electron chi connectivity index (χ4n) is 1.92. The van der Waals surface area contributed by atoms with E-state index in [-0.39, 0.29) is 11.3 Å². The zero-order valence-corrected chi connectivity index (χ0v) is 12.4. The van der Waals surface area contributed by atoms with Crippen molar-refractivity contribution in [2.45, 2.75) is 6.92 Å². The van der Waals surface area contributed by atoms with Crippen LogP contribution in [0.3, 0.4) is 0 Å². The third-order valence-electron chi connectivity index (χ3n) is 2.93. The molecule has 0 aliphatic carbocycles. The molecule has 0 saturated carbocycles. The van der Waals surface area contributed by atoms with Gasteiger partial charge in [-0.05, 0) is 25.1 Å². The van der Waals surface area contributed by atoms with Crippen LogP contribution in [0.1, 0.15) is 22.8 Å². The largest absolute Gasteiger partial charge is 0.493 e. The molecule has 0 heterocycles. The summed E-state index contributed by atoms with van der Waals surface area (Å²) in [4.78, 5) is 22.3. The van der Waals surface area contributed by atoms with Crippen LogP contribution in [0.25, 0.3) is 0 Å². The highest BCUT2D eigenvalue weighted by atomic mass is 16.6. The number of para-hydroxylation sites is 2. The average Bonchev–Trinajstić information content (AvgIpc) is 2.56. The van der Waals surface area contributed by atoms with Crippen LogP contribution in [-0.4, -0.2) is 23.7 Å². The Labute approximate surface area is 132 Å². The number of amides is 1. The Balaban J connectivity index is 2.12. The van der Waals surface area contributed by atoms with Gasteiger partial charge in [0.1, 0.15) is 11.3 Å². The molecule has 0 atom stereocenters. The summed E-state index contributed by atoms with van der Waals surface area (Å²) in [7, 11) is 0. The van der Waals surface area contributed by atoms with Crippen LogP contribution >= 0.6 is 0 Å². The summed E-state index contributed by atoms with van der Waals surface area (Å²) in [6, 6.07) is 12.9. The fourth-order valence-corrected chi connectivity index (χ4v) is 1.92. The number of hydrazone groups is 1. The monoisotopic (exact) mass is 313 g/mol. The molecule has 2 rings (SSSR count). The molecule has 1 N–H and O–H groups in total. The molecule has 0 aliphatic rings. The number of carbonyl (C=O) groups is 1. The standard InChI is InChI=1S/C16H15N3O4/c1-2-23-15-10-6-3-7-12(15)11-17-18-16(20)13-8-4-5-9-14(13)19(21)22/h3-11H,2H2,1H3,(H,18,20)/b17-11-. The quantitative estimate of drug-likeness (QED) is 0.504. The van der Waals surface area contributed by atoms with Crippen molar-refractivity contribution in [3.8, 4) is 5.75 Å². The van der Waals surface area contributed by atoms with E-state index in [1.165, 1.54) is 24.4 Å². The molecule has 0 fully saturated rings. The lowest BCUT2D eigenvalue weighted by Crippen LogP contribution is -2.19. The molecule has 7 heteroatoms. The molecule has 23 heavy (non-hydrogen) atoms. The number of rotatable bonds is 6. The fraction of sp³-hybridized carbons (Fsp3) is 0.125. The van der Waals surface area contributed by atoms with Gasteiger partial charge in [0.2, 0.25) is 0 Å². The number of ether oxygens (including phenoxy) is 1. The van der Waals surface area contributed by atoms with E-state index in [0.29, 0.717) is 17.9 Å². The second-order valence-electron chi connectivity index (χ2n) is 4.44. The lowest BCUT2D eigenvalue weighted by atomic mass is 10.2. The second kappa shape index (κ2) is 7.69. The van der Waals surface area contributed by atoms with Gasteiger partial charge in [0.25, 0.3) is 11.6 Å². The Bertz CT molecular complexity index is 744. The molecule has 118 valence electrons. The zero-order chi connectivity index (χ0) is 16.7. The second-order valence-corrected chi connectivity index (χ2v) is 4.44. The topological polar surface area (TPSA) is 93.8 Å². The predicted molar refractivity (Wildman–Crippen MR) is 85.8 cm³/mol. The number of hydrogen-bond acceptors (Lipinski definition) is 5. The Morgan fingerprint density at radius 2 is 1.96 bits per heavy atom. The van der Waals surface area contributed by atoms with Crippen LogP contribution < -0.4 is 10.2 Å². The lowest BCUT2D eigenvalue weighted by molar-refractivity contribution is -0.385. The van der Waals surface area contributed by atoms with Crippen molar-refractivity contribution in [2.24, 2.45) is 5.10 Å². The Morgan fingerprint density at radius 1 is 1.26 bits per heavy atom. The maximum atomic E-state index is 12.0. The highest BCUT2D eigenvalue weighted by molar-refractivity contribution is 5.98. The number of nitrogens with zero attached hydrogens (tertiary/aromatic N) is 2.